The molecule has 2 aromatic rings. The third kappa shape index (κ3) is 5.16. The van der Waals surface area contributed by atoms with Crippen LogP contribution in [-0.2, 0) is 9.53 Å². The van der Waals surface area contributed by atoms with Gasteiger partial charge in [0, 0.05) is 24.9 Å². The van der Waals surface area contributed by atoms with Crippen LogP contribution >= 0.6 is 0 Å². The Kier molecular flexibility index (Phi) is 6.41. The molecule has 2 atom stereocenters. The second-order valence-corrected chi connectivity index (χ2v) is 6.96. The Morgan fingerprint density at radius 2 is 2.07 bits per heavy atom. The van der Waals surface area contributed by atoms with Gasteiger partial charge < -0.3 is 15.0 Å². The van der Waals surface area contributed by atoms with Gasteiger partial charge in [0.15, 0.2) is 11.6 Å². The number of benzene rings is 2. The normalized spacial score (nSPS) is 18.3. The number of nitrogens with zero attached hydrogens (tertiary/aromatic N) is 1. The molecule has 2 unspecified atom stereocenters. The maximum Gasteiger partial charge on any atom is 0.244 e. The Balaban J connectivity index is 1.63. The summed E-state index contributed by atoms with van der Waals surface area (Å²) in [6.45, 7) is 6.33. The van der Waals surface area contributed by atoms with E-state index in [0.29, 0.717) is 12.2 Å². The van der Waals surface area contributed by atoms with Crippen molar-refractivity contribution < 1.29 is 18.3 Å². The summed E-state index contributed by atoms with van der Waals surface area (Å²) in [5, 5.41) is 2.89. The minimum absolute atomic E-state index is 0.191. The van der Waals surface area contributed by atoms with E-state index in [9.17, 15) is 13.6 Å². The number of nitrogens with one attached hydrogen (secondary N) is 1. The standard InChI is InChI=1S/C22H24F2N2O2/c1-15-14-26(10-11-28-15)19-5-3-4-18(13-19)16(2)25-22(27)9-7-17-6-8-20(23)21(24)12-17/h3-9,12-13,15-16H,10-11,14H2,1-2H3,(H,25,27)/b9-7+. The molecule has 0 spiro atoms. The van der Waals surface area contributed by atoms with Crippen LogP contribution in [0.15, 0.2) is 48.5 Å². The molecular weight excluding hydrogens is 362 g/mol. The molecule has 1 saturated heterocycles. The summed E-state index contributed by atoms with van der Waals surface area (Å²) >= 11 is 0. The molecule has 1 fully saturated rings. The first kappa shape index (κ1) is 20.0. The lowest BCUT2D eigenvalue weighted by atomic mass is 10.1. The van der Waals surface area contributed by atoms with Gasteiger partial charge in [0.25, 0.3) is 0 Å². The van der Waals surface area contributed by atoms with Gasteiger partial charge in [-0.25, -0.2) is 8.78 Å². The Labute approximate surface area is 163 Å². The Bertz CT molecular complexity index is 869. The SMILES string of the molecule is CC1CN(c2cccc(C(C)NC(=O)/C=C/c3ccc(F)c(F)c3)c2)CCO1. The molecule has 4 nitrogen and oxygen atoms in total. The summed E-state index contributed by atoms with van der Waals surface area (Å²) in [7, 11) is 0. The zero-order valence-corrected chi connectivity index (χ0v) is 16.0. The van der Waals surface area contributed by atoms with E-state index >= 15 is 0 Å². The lowest BCUT2D eigenvalue weighted by Crippen LogP contribution is -2.41. The molecule has 28 heavy (non-hydrogen) atoms. The van der Waals surface area contributed by atoms with E-state index in [1.165, 1.54) is 18.2 Å². The van der Waals surface area contributed by atoms with Crippen LogP contribution in [0.25, 0.3) is 6.08 Å². The number of hydrogen-bond donors (Lipinski definition) is 1. The highest BCUT2D eigenvalue weighted by Crippen LogP contribution is 2.22. The number of morpholine rings is 1. The molecular formula is C22H24F2N2O2. The number of carbonyl (C=O) groups excluding carboxylic acids is 1. The number of amides is 1. The average Bonchev–Trinajstić information content (AvgIpc) is 2.69. The highest BCUT2D eigenvalue weighted by atomic mass is 19.2. The highest BCUT2D eigenvalue weighted by Gasteiger charge is 2.18. The number of ether oxygens (including phenoxy) is 1. The molecule has 1 N–H and O–H groups in total. The smallest absolute Gasteiger partial charge is 0.244 e. The Morgan fingerprint density at radius 1 is 1.25 bits per heavy atom. The fourth-order valence-electron chi connectivity index (χ4n) is 3.18. The molecule has 0 radical (unpaired) electrons. The molecule has 1 amide bonds. The van der Waals surface area contributed by atoms with Crippen molar-refractivity contribution in [1.29, 1.82) is 0 Å². The van der Waals surface area contributed by atoms with Gasteiger partial charge in [0.1, 0.15) is 0 Å². The summed E-state index contributed by atoms with van der Waals surface area (Å²) in [6, 6.07) is 11.4. The van der Waals surface area contributed by atoms with Gasteiger partial charge >= 0.3 is 0 Å². The minimum Gasteiger partial charge on any atom is -0.375 e. The second-order valence-electron chi connectivity index (χ2n) is 6.96. The first-order chi connectivity index (χ1) is 13.4. The number of carbonyl (C=O) groups is 1. The van der Waals surface area contributed by atoms with Crippen LogP contribution in [0.2, 0.25) is 0 Å². The largest absolute Gasteiger partial charge is 0.375 e. The van der Waals surface area contributed by atoms with Crippen molar-refractivity contribution in [3.63, 3.8) is 0 Å². The predicted octanol–water partition coefficient (Wildman–Crippen LogP) is 4.08. The van der Waals surface area contributed by atoms with Crippen LogP contribution in [0, 0.1) is 11.6 Å². The van der Waals surface area contributed by atoms with Gasteiger partial charge in [0.2, 0.25) is 5.91 Å². The number of halogens is 2. The minimum atomic E-state index is -0.940. The summed E-state index contributed by atoms with van der Waals surface area (Å²) in [5.41, 5.74) is 2.52. The van der Waals surface area contributed by atoms with E-state index < -0.39 is 11.6 Å². The number of anilines is 1. The number of rotatable bonds is 5. The number of hydrogen-bond acceptors (Lipinski definition) is 3. The summed E-state index contributed by atoms with van der Waals surface area (Å²) < 4.78 is 31.8. The van der Waals surface area contributed by atoms with Gasteiger partial charge in [-0.2, -0.15) is 0 Å². The molecule has 1 heterocycles. The molecule has 0 aromatic heterocycles. The van der Waals surface area contributed by atoms with Crippen LogP contribution in [0.5, 0.6) is 0 Å². The van der Waals surface area contributed by atoms with Gasteiger partial charge in [-0.05, 0) is 55.3 Å². The molecule has 0 bridgehead atoms. The molecule has 148 valence electrons. The van der Waals surface area contributed by atoms with E-state index in [4.69, 9.17) is 4.74 Å². The fraction of sp³-hybridized carbons (Fsp3) is 0.318. The second kappa shape index (κ2) is 8.97. The molecule has 0 saturated carbocycles. The molecule has 2 aromatic carbocycles. The van der Waals surface area contributed by atoms with Gasteiger partial charge in [0.05, 0.1) is 18.8 Å². The van der Waals surface area contributed by atoms with Crippen molar-refractivity contribution in [3.8, 4) is 0 Å². The quantitative estimate of drug-likeness (QED) is 0.788. The van der Waals surface area contributed by atoms with E-state index in [1.54, 1.807) is 0 Å². The molecule has 6 heteroatoms. The first-order valence-electron chi connectivity index (χ1n) is 9.32. The molecule has 1 aliphatic heterocycles. The van der Waals surface area contributed by atoms with E-state index in [0.717, 1.165) is 36.5 Å². The van der Waals surface area contributed by atoms with Crippen LogP contribution < -0.4 is 10.2 Å². The fourth-order valence-corrected chi connectivity index (χ4v) is 3.18. The Morgan fingerprint density at radius 3 is 2.82 bits per heavy atom. The van der Waals surface area contributed by atoms with E-state index in [-0.39, 0.29) is 18.1 Å². The molecule has 0 aliphatic carbocycles. The summed E-state index contributed by atoms with van der Waals surface area (Å²) in [5.74, 6) is -2.16. The maximum absolute atomic E-state index is 13.2. The zero-order chi connectivity index (χ0) is 20.1. The predicted molar refractivity (Wildman–Crippen MR) is 106 cm³/mol. The van der Waals surface area contributed by atoms with E-state index in [2.05, 4.69) is 29.3 Å². The van der Waals surface area contributed by atoms with Crippen molar-refractivity contribution >= 4 is 17.7 Å². The van der Waals surface area contributed by atoms with Gasteiger partial charge in [-0.1, -0.05) is 18.2 Å². The first-order valence-corrected chi connectivity index (χ1v) is 9.32. The average molecular weight is 386 g/mol. The maximum atomic E-state index is 13.2. The summed E-state index contributed by atoms with van der Waals surface area (Å²) in [4.78, 5) is 14.5. The van der Waals surface area contributed by atoms with Crippen molar-refractivity contribution in [2.24, 2.45) is 0 Å². The highest BCUT2D eigenvalue weighted by molar-refractivity contribution is 5.92. The van der Waals surface area contributed by atoms with Crippen LogP contribution in [-0.4, -0.2) is 31.7 Å². The van der Waals surface area contributed by atoms with Crippen LogP contribution in [0.3, 0.4) is 0 Å². The van der Waals surface area contributed by atoms with Gasteiger partial charge in [-0.15, -0.1) is 0 Å². The third-order valence-corrected chi connectivity index (χ3v) is 4.71. The topological polar surface area (TPSA) is 41.6 Å². The molecule has 3 rings (SSSR count). The van der Waals surface area contributed by atoms with Crippen molar-refractivity contribution in [1.82, 2.24) is 5.32 Å². The van der Waals surface area contributed by atoms with Crippen LogP contribution in [0.4, 0.5) is 14.5 Å². The van der Waals surface area contributed by atoms with Crippen LogP contribution in [0.1, 0.15) is 31.0 Å². The lowest BCUT2D eigenvalue weighted by Gasteiger charge is -2.33. The van der Waals surface area contributed by atoms with Crippen molar-refractivity contribution in [2.75, 3.05) is 24.6 Å². The van der Waals surface area contributed by atoms with Gasteiger partial charge in [-0.3, -0.25) is 4.79 Å². The lowest BCUT2D eigenvalue weighted by molar-refractivity contribution is -0.117. The van der Waals surface area contributed by atoms with Crippen molar-refractivity contribution in [2.45, 2.75) is 26.0 Å². The van der Waals surface area contributed by atoms with Crippen molar-refractivity contribution in [3.05, 3.63) is 71.3 Å². The van der Waals surface area contributed by atoms with E-state index in [1.807, 2.05) is 19.1 Å². The zero-order valence-electron chi connectivity index (χ0n) is 16.0. The monoisotopic (exact) mass is 386 g/mol. The Hall–Kier alpha value is -2.73. The molecule has 1 aliphatic rings. The third-order valence-electron chi connectivity index (χ3n) is 4.71. The summed E-state index contributed by atoms with van der Waals surface area (Å²) in [6.07, 6.45) is 2.96.